The fraction of sp³-hybridized carbons (Fsp3) is 0.211. The van der Waals surface area contributed by atoms with Crippen molar-refractivity contribution in [2.24, 2.45) is 11.5 Å². The SMILES string of the molecule is CCC[C@H](N)c1nc2c(Cl)ccc(Cl)c2c(=O)n1-c1cccc(C(N)=O)c1. The Bertz CT molecular complexity index is 1090. The highest BCUT2D eigenvalue weighted by molar-refractivity contribution is 6.39. The molecule has 0 aliphatic rings. The molecule has 2 aromatic carbocycles. The van der Waals surface area contributed by atoms with E-state index in [1.54, 1.807) is 30.3 Å². The second-order valence-corrected chi connectivity index (χ2v) is 6.99. The summed E-state index contributed by atoms with van der Waals surface area (Å²) >= 11 is 12.5. The van der Waals surface area contributed by atoms with Crippen LogP contribution in [0.4, 0.5) is 0 Å². The van der Waals surface area contributed by atoms with E-state index in [0.717, 1.165) is 6.42 Å². The number of rotatable bonds is 5. The van der Waals surface area contributed by atoms with E-state index < -0.39 is 17.5 Å². The molecule has 8 heteroatoms. The number of nitrogens with two attached hydrogens (primary N) is 2. The standard InChI is InChI=1S/C19H18Cl2N4O2/c1-2-4-14(22)18-24-16-13(21)8-7-12(20)15(16)19(27)25(18)11-6-3-5-10(9-11)17(23)26/h3,5-9,14H,2,4,22H2,1H3,(H2,23,26)/t14-/m0/s1. The second kappa shape index (κ2) is 7.68. The van der Waals surface area contributed by atoms with Crippen LogP contribution in [-0.4, -0.2) is 15.5 Å². The van der Waals surface area contributed by atoms with Gasteiger partial charge in [0.05, 0.1) is 32.7 Å². The molecule has 140 valence electrons. The first-order valence-corrected chi connectivity index (χ1v) is 9.17. The second-order valence-electron chi connectivity index (χ2n) is 6.17. The number of fused-ring (bicyclic) bond motifs is 1. The van der Waals surface area contributed by atoms with E-state index in [9.17, 15) is 9.59 Å². The van der Waals surface area contributed by atoms with Crippen LogP contribution in [0.3, 0.4) is 0 Å². The van der Waals surface area contributed by atoms with E-state index in [2.05, 4.69) is 4.98 Å². The van der Waals surface area contributed by atoms with E-state index in [0.29, 0.717) is 28.5 Å². The van der Waals surface area contributed by atoms with Crippen molar-refractivity contribution < 1.29 is 4.79 Å². The highest BCUT2D eigenvalue weighted by Gasteiger charge is 2.21. The Labute approximate surface area is 165 Å². The number of hydrogen-bond acceptors (Lipinski definition) is 4. The van der Waals surface area contributed by atoms with Crippen LogP contribution < -0.4 is 17.0 Å². The van der Waals surface area contributed by atoms with E-state index >= 15 is 0 Å². The first kappa shape index (κ1) is 19.4. The molecule has 1 aromatic heterocycles. The fourth-order valence-corrected chi connectivity index (χ4v) is 3.40. The van der Waals surface area contributed by atoms with Gasteiger partial charge in [-0.3, -0.25) is 14.2 Å². The van der Waals surface area contributed by atoms with E-state index in [1.165, 1.54) is 10.6 Å². The molecule has 3 rings (SSSR count). The molecule has 0 aliphatic carbocycles. The predicted octanol–water partition coefficient (Wildman–Crippen LogP) is 3.59. The summed E-state index contributed by atoms with van der Waals surface area (Å²) in [5, 5.41) is 0.748. The Morgan fingerprint density at radius 3 is 2.59 bits per heavy atom. The molecular weight excluding hydrogens is 387 g/mol. The molecule has 27 heavy (non-hydrogen) atoms. The van der Waals surface area contributed by atoms with Gasteiger partial charge in [0.2, 0.25) is 5.91 Å². The normalized spacial score (nSPS) is 12.3. The topological polar surface area (TPSA) is 104 Å². The Hall–Kier alpha value is -2.41. The Morgan fingerprint density at radius 2 is 1.93 bits per heavy atom. The summed E-state index contributed by atoms with van der Waals surface area (Å²) in [5.74, 6) is -0.251. The van der Waals surface area contributed by atoms with Crippen molar-refractivity contribution in [3.63, 3.8) is 0 Å². The summed E-state index contributed by atoms with van der Waals surface area (Å²) in [6.07, 6.45) is 1.42. The molecule has 3 aromatic rings. The summed E-state index contributed by atoms with van der Waals surface area (Å²) in [6.45, 7) is 1.99. The maximum absolute atomic E-state index is 13.3. The van der Waals surface area contributed by atoms with Crippen LogP contribution in [0, 0.1) is 0 Å². The average Bonchev–Trinajstić information content (AvgIpc) is 2.64. The number of aromatic nitrogens is 2. The number of carbonyl (C=O) groups is 1. The third kappa shape index (κ3) is 3.56. The van der Waals surface area contributed by atoms with Crippen molar-refractivity contribution in [3.8, 4) is 5.69 Å². The molecule has 0 fully saturated rings. The summed E-state index contributed by atoms with van der Waals surface area (Å²) in [6, 6.07) is 9.05. The van der Waals surface area contributed by atoms with Crippen LogP contribution in [0.5, 0.6) is 0 Å². The summed E-state index contributed by atoms with van der Waals surface area (Å²) in [5.41, 5.74) is 12.3. The summed E-state index contributed by atoms with van der Waals surface area (Å²) in [7, 11) is 0. The van der Waals surface area contributed by atoms with Gasteiger partial charge in [0, 0.05) is 5.56 Å². The number of nitrogens with zero attached hydrogens (tertiary/aromatic N) is 2. The maximum atomic E-state index is 13.3. The lowest BCUT2D eigenvalue weighted by Crippen LogP contribution is -2.29. The quantitative estimate of drug-likeness (QED) is 0.677. The number of primary amides is 1. The lowest BCUT2D eigenvalue weighted by atomic mass is 10.1. The smallest absolute Gasteiger partial charge is 0.267 e. The number of carbonyl (C=O) groups excluding carboxylic acids is 1. The monoisotopic (exact) mass is 404 g/mol. The van der Waals surface area contributed by atoms with Gasteiger partial charge < -0.3 is 11.5 Å². The van der Waals surface area contributed by atoms with Crippen molar-refractivity contribution >= 4 is 40.0 Å². The summed E-state index contributed by atoms with van der Waals surface area (Å²) in [4.78, 5) is 29.4. The van der Waals surface area contributed by atoms with Crippen LogP contribution >= 0.6 is 23.2 Å². The zero-order valence-corrected chi connectivity index (χ0v) is 16.1. The molecule has 0 saturated carbocycles. The molecule has 0 bridgehead atoms. The van der Waals surface area contributed by atoms with E-state index in [-0.39, 0.29) is 16.0 Å². The van der Waals surface area contributed by atoms with E-state index in [4.69, 9.17) is 34.7 Å². The van der Waals surface area contributed by atoms with Gasteiger partial charge in [-0.25, -0.2) is 4.98 Å². The molecule has 0 spiro atoms. The molecule has 1 heterocycles. The van der Waals surface area contributed by atoms with Crippen LogP contribution in [0.15, 0.2) is 41.2 Å². The summed E-state index contributed by atoms with van der Waals surface area (Å²) < 4.78 is 1.37. The van der Waals surface area contributed by atoms with Gasteiger partial charge in [-0.15, -0.1) is 0 Å². The number of benzene rings is 2. The zero-order chi connectivity index (χ0) is 19.7. The van der Waals surface area contributed by atoms with Crippen molar-refractivity contribution in [2.45, 2.75) is 25.8 Å². The molecule has 0 unspecified atom stereocenters. The largest absolute Gasteiger partial charge is 0.366 e. The van der Waals surface area contributed by atoms with Crippen molar-refractivity contribution in [1.29, 1.82) is 0 Å². The zero-order valence-electron chi connectivity index (χ0n) is 14.6. The Balaban J connectivity index is 2.42. The van der Waals surface area contributed by atoms with Crippen molar-refractivity contribution in [2.75, 3.05) is 0 Å². The lowest BCUT2D eigenvalue weighted by Gasteiger charge is -2.19. The lowest BCUT2D eigenvalue weighted by molar-refractivity contribution is 0.1000. The minimum atomic E-state index is -0.598. The molecule has 0 saturated heterocycles. The molecule has 1 amide bonds. The van der Waals surface area contributed by atoms with Gasteiger partial charge in [-0.05, 0) is 36.8 Å². The molecule has 4 N–H and O–H groups in total. The fourth-order valence-electron chi connectivity index (χ4n) is 2.97. The van der Waals surface area contributed by atoms with Crippen LogP contribution in [0.25, 0.3) is 16.6 Å². The number of amides is 1. The highest BCUT2D eigenvalue weighted by Crippen LogP contribution is 2.28. The van der Waals surface area contributed by atoms with E-state index in [1.807, 2.05) is 6.92 Å². The van der Waals surface area contributed by atoms with Crippen molar-refractivity contribution in [1.82, 2.24) is 9.55 Å². The average molecular weight is 405 g/mol. The van der Waals surface area contributed by atoms with Crippen LogP contribution in [-0.2, 0) is 0 Å². The van der Waals surface area contributed by atoms with Crippen LogP contribution in [0.1, 0.15) is 42.0 Å². The molecular formula is C19H18Cl2N4O2. The maximum Gasteiger partial charge on any atom is 0.267 e. The van der Waals surface area contributed by atoms with Crippen LogP contribution in [0.2, 0.25) is 10.0 Å². The van der Waals surface area contributed by atoms with Gasteiger partial charge in [0.1, 0.15) is 5.82 Å². The first-order chi connectivity index (χ1) is 12.8. The van der Waals surface area contributed by atoms with Gasteiger partial charge in [-0.1, -0.05) is 42.6 Å². The first-order valence-electron chi connectivity index (χ1n) is 8.41. The highest BCUT2D eigenvalue weighted by atomic mass is 35.5. The van der Waals surface area contributed by atoms with Gasteiger partial charge in [0.25, 0.3) is 5.56 Å². The third-order valence-corrected chi connectivity index (χ3v) is 4.89. The van der Waals surface area contributed by atoms with Gasteiger partial charge in [-0.2, -0.15) is 0 Å². The minimum Gasteiger partial charge on any atom is -0.366 e. The molecule has 6 nitrogen and oxygen atoms in total. The van der Waals surface area contributed by atoms with Crippen molar-refractivity contribution in [3.05, 3.63) is 68.2 Å². The molecule has 0 radical (unpaired) electrons. The van der Waals surface area contributed by atoms with Gasteiger partial charge >= 0.3 is 0 Å². The minimum absolute atomic E-state index is 0.195. The number of hydrogen-bond donors (Lipinski definition) is 2. The molecule has 1 atom stereocenters. The third-order valence-electron chi connectivity index (χ3n) is 4.27. The Kier molecular flexibility index (Phi) is 5.51. The Morgan fingerprint density at radius 1 is 1.22 bits per heavy atom. The number of halogens is 2. The predicted molar refractivity (Wildman–Crippen MR) is 108 cm³/mol. The van der Waals surface area contributed by atoms with Gasteiger partial charge in [0.15, 0.2) is 0 Å². The molecule has 0 aliphatic heterocycles.